The van der Waals surface area contributed by atoms with Crippen LogP contribution in [0.5, 0.6) is 0 Å². The molecule has 0 radical (unpaired) electrons. The summed E-state index contributed by atoms with van der Waals surface area (Å²) in [5.41, 5.74) is 9.91. The quantitative estimate of drug-likeness (QED) is 0.799. The van der Waals surface area contributed by atoms with Gasteiger partial charge in [-0.3, -0.25) is 0 Å². The van der Waals surface area contributed by atoms with Gasteiger partial charge < -0.3 is 10.6 Å². The molecule has 0 bridgehead atoms. The van der Waals surface area contributed by atoms with Crippen LogP contribution in [-0.4, -0.2) is 19.6 Å². The minimum Gasteiger partial charge on any atom is -0.371 e. The van der Waals surface area contributed by atoms with E-state index in [2.05, 4.69) is 36.9 Å². The van der Waals surface area contributed by atoms with Gasteiger partial charge in [-0.1, -0.05) is 18.2 Å². The van der Waals surface area contributed by atoms with E-state index in [9.17, 15) is 0 Å². The van der Waals surface area contributed by atoms with Crippen molar-refractivity contribution in [3.63, 3.8) is 0 Å². The van der Waals surface area contributed by atoms with Crippen LogP contribution in [-0.2, 0) is 0 Å². The zero-order valence-electron chi connectivity index (χ0n) is 9.66. The molecule has 0 aliphatic carbocycles. The van der Waals surface area contributed by atoms with Gasteiger partial charge in [-0.05, 0) is 43.9 Å². The van der Waals surface area contributed by atoms with Gasteiger partial charge in [0.15, 0.2) is 0 Å². The second-order valence-corrected chi connectivity index (χ2v) is 4.58. The molecular formula is C13H20N2. The number of rotatable bonds is 2. The highest BCUT2D eigenvalue weighted by Crippen LogP contribution is 2.29. The van der Waals surface area contributed by atoms with E-state index < -0.39 is 0 Å². The first-order valence-corrected chi connectivity index (χ1v) is 5.73. The van der Waals surface area contributed by atoms with Crippen molar-refractivity contribution < 1.29 is 0 Å². The van der Waals surface area contributed by atoms with Crippen molar-refractivity contribution in [1.82, 2.24) is 0 Å². The Bertz CT molecular complexity index is 326. The Kier molecular flexibility index (Phi) is 2.96. The van der Waals surface area contributed by atoms with Crippen molar-refractivity contribution in [2.24, 2.45) is 11.7 Å². The predicted molar refractivity (Wildman–Crippen MR) is 65.3 cm³/mol. The first kappa shape index (κ1) is 10.5. The van der Waals surface area contributed by atoms with Gasteiger partial charge in [0.25, 0.3) is 0 Å². The molecule has 0 amide bonds. The number of para-hydroxylation sites is 1. The minimum absolute atomic E-state index is 0.684. The van der Waals surface area contributed by atoms with E-state index in [0.29, 0.717) is 5.92 Å². The van der Waals surface area contributed by atoms with Crippen LogP contribution < -0.4 is 10.6 Å². The van der Waals surface area contributed by atoms with Gasteiger partial charge in [-0.15, -0.1) is 0 Å². The summed E-state index contributed by atoms with van der Waals surface area (Å²) in [6, 6.07) is 6.51. The highest BCUT2D eigenvalue weighted by Gasteiger charge is 2.23. The van der Waals surface area contributed by atoms with Crippen LogP contribution in [0.1, 0.15) is 17.5 Å². The lowest BCUT2D eigenvalue weighted by atomic mass is 10.1. The molecule has 1 heterocycles. The molecule has 15 heavy (non-hydrogen) atoms. The SMILES string of the molecule is Cc1cccc(C)c1N1CCC(CN)C1. The normalized spacial score (nSPS) is 21.0. The number of benzene rings is 1. The van der Waals surface area contributed by atoms with Gasteiger partial charge in [0.05, 0.1) is 0 Å². The Morgan fingerprint density at radius 3 is 2.53 bits per heavy atom. The summed E-state index contributed by atoms with van der Waals surface area (Å²) in [4.78, 5) is 2.49. The summed E-state index contributed by atoms with van der Waals surface area (Å²) in [6.07, 6.45) is 1.24. The van der Waals surface area contributed by atoms with Crippen molar-refractivity contribution in [3.05, 3.63) is 29.3 Å². The molecule has 1 atom stereocenters. The predicted octanol–water partition coefficient (Wildman–Crippen LogP) is 2.09. The van der Waals surface area contributed by atoms with E-state index in [-0.39, 0.29) is 0 Å². The maximum Gasteiger partial charge on any atom is 0.0425 e. The Hall–Kier alpha value is -1.02. The second kappa shape index (κ2) is 4.23. The van der Waals surface area contributed by atoms with Gasteiger partial charge in [0, 0.05) is 18.8 Å². The topological polar surface area (TPSA) is 29.3 Å². The molecule has 1 aliphatic heterocycles. The fourth-order valence-electron chi connectivity index (χ4n) is 2.53. The lowest BCUT2D eigenvalue weighted by molar-refractivity contribution is 0.602. The summed E-state index contributed by atoms with van der Waals surface area (Å²) in [7, 11) is 0. The Morgan fingerprint density at radius 1 is 1.33 bits per heavy atom. The van der Waals surface area contributed by atoms with E-state index in [1.807, 2.05) is 0 Å². The molecule has 2 heteroatoms. The lowest BCUT2D eigenvalue weighted by Crippen LogP contribution is -2.23. The number of hydrogen-bond acceptors (Lipinski definition) is 2. The number of anilines is 1. The van der Waals surface area contributed by atoms with E-state index in [1.165, 1.54) is 23.2 Å². The van der Waals surface area contributed by atoms with Gasteiger partial charge >= 0.3 is 0 Å². The zero-order valence-corrected chi connectivity index (χ0v) is 9.66. The Balaban J connectivity index is 2.23. The number of nitrogens with zero attached hydrogens (tertiary/aromatic N) is 1. The largest absolute Gasteiger partial charge is 0.371 e. The average molecular weight is 204 g/mol. The molecule has 2 nitrogen and oxygen atoms in total. The van der Waals surface area contributed by atoms with Crippen LogP contribution in [0.25, 0.3) is 0 Å². The molecule has 1 aromatic rings. The summed E-state index contributed by atoms with van der Waals surface area (Å²) in [5.74, 6) is 0.684. The molecule has 1 saturated heterocycles. The number of hydrogen-bond donors (Lipinski definition) is 1. The summed E-state index contributed by atoms with van der Waals surface area (Å²) < 4.78 is 0. The van der Waals surface area contributed by atoms with Crippen LogP contribution in [0.2, 0.25) is 0 Å². The van der Waals surface area contributed by atoms with E-state index in [0.717, 1.165) is 19.6 Å². The van der Waals surface area contributed by atoms with E-state index in [1.54, 1.807) is 0 Å². The highest BCUT2D eigenvalue weighted by molar-refractivity contribution is 5.59. The van der Waals surface area contributed by atoms with Gasteiger partial charge in [0.2, 0.25) is 0 Å². The van der Waals surface area contributed by atoms with E-state index in [4.69, 9.17) is 5.73 Å². The molecule has 1 aromatic carbocycles. The third-order valence-electron chi connectivity index (χ3n) is 3.37. The maximum absolute atomic E-state index is 5.72. The summed E-state index contributed by atoms with van der Waals surface area (Å²) in [6.45, 7) is 7.49. The third kappa shape index (κ3) is 2.00. The number of nitrogens with two attached hydrogens (primary N) is 1. The lowest BCUT2D eigenvalue weighted by Gasteiger charge is -2.23. The van der Waals surface area contributed by atoms with Crippen LogP contribution in [0.4, 0.5) is 5.69 Å². The molecule has 0 aromatic heterocycles. The van der Waals surface area contributed by atoms with Crippen molar-refractivity contribution >= 4 is 5.69 Å². The zero-order chi connectivity index (χ0) is 10.8. The fourth-order valence-corrected chi connectivity index (χ4v) is 2.53. The monoisotopic (exact) mass is 204 g/mol. The van der Waals surface area contributed by atoms with Gasteiger partial charge in [-0.2, -0.15) is 0 Å². The Morgan fingerprint density at radius 2 is 2.00 bits per heavy atom. The number of aryl methyl sites for hydroxylation is 2. The molecule has 2 N–H and O–H groups in total. The van der Waals surface area contributed by atoms with Crippen molar-refractivity contribution in [2.45, 2.75) is 20.3 Å². The second-order valence-electron chi connectivity index (χ2n) is 4.58. The van der Waals surface area contributed by atoms with Crippen LogP contribution in [0, 0.1) is 19.8 Å². The Labute approximate surface area is 92.1 Å². The van der Waals surface area contributed by atoms with E-state index >= 15 is 0 Å². The van der Waals surface area contributed by atoms with Crippen molar-refractivity contribution in [1.29, 1.82) is 0 Å². The maximum atomic E-state index is 5.72. The average Bonchev–Trinajstić information content (AvgIpc) is 2.66. The molecule has 0 saturated carbocycles. The summed E-state index contributed by atoms with van der Waals surface area (Å²) >= 11 is 0. The molecular weight excluding hydrogens is 184 g/mol. The van der Waals surface area contributed by atoms with Crippen LogP contribution in [0.15, 0.2) is 18.2 Å². The van der Waals surface area contributed by atoms with Crippen molar-refractivity contribution in [3.8, 4) is 0 Å². The van der Waals surface area contributed by atoms with Gasteiger partial charge in [0.1, 0.15) is 0 Å². The first-order chi connectivity index (χ1) is 7.22. The molecule has 1 aliphatic rings. The summed E-state index contributed by atoms with van der Waals surface area (Å²) in [5, 5.41) is 0. The minimum atomic E-state index is 0.684. The molecule has 1 fully saturated rings. The fraction of sp³-hybridized carbons (Fsp3) is 0.538. The van der Waals surface area contributed by atoms with Crippen LogP contribution >= 0.6 is 0 Å². The highest BCUT2D eigenvalue weighted by atomic mass is 15.2. The third-order valence-corrected chi connectivity index (χ3v) is 3.37. The van der Waals surface area contributed by atoms with Crippen molar-refractivity contribution in [2.75, 3.05) is 24.5 Å². The molecule has 0 spiro atoms. The van der Waals surface area contributed by atoms with Crippen LogP contribution in [0.3, 0.4) is 0 Å². The standard InChI is InChI=1S/C13H20N2/c1-10-4-3-5-11(2)13(10)15-7-6-12(8-14)9-15/h3-5,12H,6-9,14H2,1-2H3. The molecule has 82 valence electrons. The van der Waals surface area contributed by atoms with Gasteiger partial charge in [-0.25, -0.2) is 0 Å². The molecule has 2 rings (SSSR count). The first-order valence-electron chi connectivity index (χ1n) is 5.73. The molecule has 1 unspecified atom stereocenters. The smallest absolute Gasteiger partial charge is 0.0425 e.